The molecule has 0 aliphatic carbocycles. The normalized spacial score (nSPS) is 10.1. The van der Waals surface area contributed by atoms with Crippen molar-refractivity contribution in [3.05, 3.63) is 29.6 Å². The third-order valence-corrected chi connectivity index (χ3v) is 1.99. The van der Waals surface area contributed by atoms with E-state index in [1.165, 1.54) is 18.2 Å². The zero-order chi connectivity index (χ0) is 12.0. The zero-order valence-electron chi connectivity index (χ0n) is 9.13. The highest BCUT2D eigenvalue weighted by Gasteiger charge is 2.07. The summed E-state index contributed by atoms with van der Waals surface area (Å²) in [5.41, 5.74) is 5.67. The van der Waals surface area contributed by atoms with Crippen LogP contribution in [0.15, 0.2) is 18.2 Å². The molecule has 0 aliphatic rings. The molecule has 0 fully saturated rings. The van der Waals surface area contributed by atoms with E-state index in [9.17, 15) is 9.18 Å². The first-order valence-corrected chi connectivity index (χ1v) is 5.06. The number of nitrogens with two attached hydrogens (primary N) is 1. The molecule has 0 heterocycles. The Kier molecular flexibility index (Phi) is 4.72. The van der Waals surface area contributed by atoms with Crippen LogP contribution in [0.2, 0.25) is 0 Å². The number of ether oxygens (including phenoxy) is 1. The summed E-state index contributed by atoms with van der Waals surface area (Å²) < 4.78 is 17.9. The van der Waals surface area contributed by atoms with E-state index in [2.05, 4.69) is 5.32 Å². The first kappa shape index (κ1) is 12.4. The highest BCUT2D eigenvalue weighted by Crippen LogP contribution is 2.11. The lowest BCUT2D eigenvalue weighted by Crippen LogP contribution is -2.27. The second-order valence-corrected chi connectivity index (χ2v) is 3.19. The topological polar surface area (TPSA) is 64.3 Å². The van der Waals surface area contributed by atoms with Gasteiger partial charge in [-0.1, -0.05) is 0 Å². The van der Waals surface area contributed by atoms with Gasteiger partial charge in [0.1, 0.15) is 5.82 Å². The van der Waals surface area contributed by atoms with Gasteiger partial charge in [0, 0.05) is 18.7 Å². The third-order valence-electron chi connectivity index (χ3n) is 1.99. The maximum atomic E-state index is 12.8. The molecule has 4 nitrogen and oxygen atoms in total. The molecule has 16 heavy (non-hydrogen) atoms. The Balaban J connectivity index is 2.50. The Morgan fingerprint density at radius 1 is 1.56 bits per heavy atom. The van der Waals surface area contributed by atoms with E-state index < -0.39 is 5.82 Å². The van der Waals surface area contributed by atoms with Gasteiger partial charge in [0.2, 0.25) is 0 Å². The Hall–Kier alpha value is -1.62. The summed E-state index contributed by atoms with van der Waals surface area (Å²) in [5, 5.41) is 2.64. The van der Waals surface area contributed by atoms with Crippen molar-refractivity contribution in [2.45, 2.75) is 6.92 Å². The molecule has 0 atom stereocenters. The molecule has 1 aromatic carbocycles. The molecular weight excluding hydrogens is 211 g/mol. The van der Waals surface area contributed by atoms with E-state index in [0.717, 1.165) is 0 Å². The van der Waals surface area contributed by atoms with Gasteiger partial charge in [-0.2, -0.15) is 0 Å². The molecule has 0 radical (unpaired) electrons. The van der Waals surface area contributed by atoms with Gasteiger partial charge in [0.05, 0.1) is 12.3 Å². The summed E-state index contributed by atoms with van der Waals surface area (Å²) >= 11 is 0. The largest absolute Gasteiger partial charge is 0.396 e. The van der Waals surface area contributed by atoms with Crippen LogP contribution in [0.4, 0.5) is 10.1 Å². The Morgan fingerprint density at radius 2 is 2.31 bits per heavy atom. The van der Waals surface area contributed by atoms with Crippen molar-refractivity contribution in [2.75, 3.05) is 25.5 Å². The lowest BCUT2D eigenvalue weighted by atomic mass is 10.2. The number of hydrogen-bond donors (Lipinski definition) is 2. The lowest BCUT2D eigenvalue weighted by molar-refractivity contribution is 0.0922. The molecule has 1 amide bonds. The van der Waals surface area contributed by atoms with Crippen LogP contribution in [-0.4, -0.2) is 25.7 Å². The molecule has 3 N–H and O–H groups in total. The number of carbonyl (C=O) groups is 1. The molecule has 5 heteroatoms. The predicted octanol–water partition coefficient (Wildman–Crippen LogP) is 1.17. The average Bonchev–Trinajstić information content (AvgIpc) is 2.28. The van der Waals surface area contributed by atoms with Crippen LogP contribution in [0.25, 0.3) is 0 Å². The highest BCUT2D eigenvalue weighted by atomic mass is 19.1. The van der Waals surface area contributed by atoms with Crippen LogP contribution in [0.3, 0.4) is 0 Å². The van der Waals surface area contributed by atoms with Gasteiger partial charge in [-0.15, -0.1) is 0 Å². The molecular formula is C11H15FN2O2. The molecule has 0 saturated heterocycles. The van der Waals surface area contributed by atoms with Crippen molar-refractivity contribution < 1.29 is 13.9 Å². The fourth-order valence-electron chi connectivity index (χ4n) is 1.17. The van der Waals surface area contributed by atoms with Gasteiger partial charge in [0.25, 0.3) is 5.91 Å². The molecule has 0 bridgehead atoms. The summed E-state index contributed by atoms with van der Waals surface area (Å²) in [5.74, 6) is -0.808. The number of rotatable bonds is 5. The second kappa shape index (κ2) is 6.07. The number of halogens is 1. The molecule has 1 rings (SSSR count). The molecule has 0 unspecified atom stereocenters. The summed E-state index contributed by atoms with van der Waals surface area (Å²) in [6, 6.07) is 3.87. The van der Waals surface area contributed by atoms with E-state index in [-0.39, 0.29) is 11.6 Å². The number of carbonyl (C=O) groups excluding carboxylic acids is 1. The Morgan fingerprint density at radius 3 is 2.94 bits per heavy atom. The SMILES string of the molecule is CCOCCNC(=O)c1ccc(F)c(N)c1. The number of nitrogens with one attached hydrogen (secondary N) is 1. The number of amides is 1. The van der Waals surface area contributed by atoms with E-state index in [1.54, 1.807) is 0 Å². The van der Waals surface area contributed by atoms with Gasteiger partial charge in [-0.3, -0.25) is 4.79 Å². The maximum absolute atomic E-state index is 12.8. The first-order chi connectivity index (χ1) is 7.65. The summed E-state index contributed by atoms with van der Waals surface area (Å²) in [6.45, 7) is 3.37. The summed E-state index contributed by atoms with van der Waals surface area (Å²) in [7, 11) is 0. The fourth-order valence-corrected chi connectivity index (χ4v) is 1.17. The summed E-state index contributed by atoms with van der Waals surface area (Å²) in [6.07, 6.45) is 0. The monoisotopic (exact) mass is 226 g/mol. The number of benzene rings is 1. The first-order valence-electron chi connectivity index (χ1n) is 5.06. The quantitative estimate of drug-likeness (QED) is 0.585. The van der Waals surface area contributed by atoms with Crippen molar-refractivity contribution in [3.8, 4) is 0 Å². The molecule has 0 aliphatic heterocycles. The molecule has 88 valence electrons. The fraction of sp³-hybridized carbons (Fsp3) is 0.364. The average molecular weight is 226 g/mol. The summed E-state index contributed by atoms with van der Waals surface area (Å²) in [4.78, 5) is 11.5. The Labute approximate surface area is 93.6 Å². The van der Waals surface area contributed by atoms with Gasteiger partial charge >= 0.3 is 0 Å². The smallest absolute Gasteiger partial charge is 0.251 e. The maximum Gasteiger partial charge on any atom is 0.251 e. The van der Waals surface area contributed by atoms with Crippen molar-refractivity contribution in [1.29, 1.82) is 0 Å². The second-order valence-electron chi connectivity index (χ2n) is 3.19. The molecule has 0 saturated carbocycles. The van der Waals surface area contributed by atoms with Crippen LogP contribution >= 0.6 is 0 Å². The van der Waals surface area contributed by atoms with E-state index in [4.69, 9.17) is 10.5 Å². The minimum absolute atomic E-state index is 0.0301. The lowest BCUT2D eigenvalue weighted by Gasteiger charge is -2.06. The van der Waals surface area contributed by atoms with Crippen molar-refractivity contribution >= 4 is 11.6 Å². The third kappa shape index (κ3) is 3.51. The van der Waals surface area contributed by atoms with Crippen molar-refractivity contribution in [3.63, 3.8) is 0 Å². The predicted molar refractivity (Wildman–Crippen MR) is 59.6 cm³/mol. The van der Waals surface area contributed by atoms with Gasteiger partial charge < -0.3 is 15.8 Å². The van der Waals surface area contributed by atoms with E-state index >= 15 is 0 Å². The zero-order valence-corrected chi connectivity index (χ0v) is 9.13. The minimum Gasteiger partial charge on any atom is -0.396 e. The van der Waals surface area contributed by atoms with Crippen molar-refractivity contribution in [2.24, 2.45) is 0 Å². The van der Waals surface area contributed by atoms with Crippen LogP contribution in [-0.2, 0) is 4.74 Å². The van der Waals surface area contributed by atoms with Crippen LogP contribution in [0, 0.1) is 5.82 Å². The van der Waals surface area contributed by atoms with Crippen LogP contribution in [0.1, 0.15) is 17.3 Å². The van der Waals surface area contributed by atoms with Gasteiger partial charge in [-0.25, -0.2) is 4.39 Å². The Bertz CT molecular complexity index is 369. The van der Waals surface area contributed by atoms with Crippen LogP contribution in [0.5, 0.6) is 0 Å². The molecule has 0 spiro atoms. The van der Waals surface area contributed by atoms with Crippen molar-refractivity contribution in [1.82, 2.24) is 5.32 Å². The van der Waals surface area contributed by atoms with Gasteiger partial charge in [0.15, 0.2) is 0 Å². The molecule has 0 aromatic heterocycles. The van der Waals surface area contributed by atoms with Crippen LogP contribution < -0.4 is 11.1 Å². The standard InChI is InChI=1S/C11H15FN2O2/c1-2-16-6-5-14-11(15)8-3-4-9(12)10(13)7-8/h3-4,7H,2,5-6,13H2,1H3,(H,14,15). The van der Waals surface area contributed by atoms with Gasteiger partial charge in [-0.05, 0) is 25.1 Å². The highest BCUT2D eigenvalue weighted by molar-refractivity contribution is 5.94. The van der Waals surface area contributed by atoms with E-state index in [0.29, 0.717) is 25.3 Å². The molecule has 1 aromatic rings. The minimum atomic E-state index is -0.522. The number of anilines is 1. The number of nitrogen functional groups attached to an aromatic ring is 1. The number of hydrogen-bond acceptors (Lipinski definition) is 3. The van der Waals surface area contributed by atoms with E-state index in [1.807, 2.05) is 6.92 Å².